The maximum absolute atomic E-state index is 12.9. The molecule has 2 rings (SSSR count). The van der Waals surface area contributed by atoms with Crippen LogP contribution in [0.5, 0.6) is 0 Å². The number of halogens is 3. The first kappa shape index (κ1) is 20.5. The Kier molecular flexibility index (Phi) is 6.51. The van der Waals surface area contributed by atoms with Gasteiger partial charge >= 0.3 is 6.18 Å². The van der Waals surface area contributed by atoms with Crippen molar-refractivity contribution >= 4 is 15.8 Å². The van der Waals surface area contributed by atoms with Crippen LogP contribution < -0.4 is 5.32 Å². The quantitative estimate of drug-likeness (QED) is 0.623. The molecular weight excluding hydrogens is 371 g/mol. The highest BCUT2D eigenvalue weighted by Gasteiger charge is 2.32. The number of hydrogen-bond acceptors (Lipinski definition) is 4. The van der Waals surface area contributed by atoms with Gasteiger partial charge in [-0.3, -0.25) is 4.99 Å². The second kappa shape index (κ2) is 8.26. The summed E-state index contributed by atoms with van der Waals surface area (Å²) in [6, 6.07) is 5.08. The molecule has 1 aliphatic rings. The zero-order valence-corrected chi connectivity index (χ0v) is 15.4. The number of ether oxygens (including phenoxy) is 1. The number of alkyl halides is 3. The zero-order chi connectivity index (χ0) is 19.4. The van der Waals surface area contributed by atoms with Gasteiger partial charge in [0.15, 0.2) is 5.96 Å². The molecule has 1 atom stereocenters. The molecule has 1 fully saturated rings. The first-order valence-electron chi connectivity index (χ1n) is 8.02. The summed E-state index contributed by atoms with van der Waals surface area (Å²) in [6.45, 7) is 1.36. The minimum Gasteiger partial charge on any atom is -0.370 e. The molecule has 0 radical (unpaired) electrons. The number of hydrogen-bond donors (Lipinski definition) is 1. The predicted octanol–water partition coefficient (Wildman–Crippen LogP) is 1.70. The van der Waals surface area contributed by atoms with Crippen molar-refractivity contribution in [3.05, 3.63) is 35.4 Å². The molecule has 0 aliphatic carbocycles. The van der Waals surface area contributed by atoms with E-state index in [0.717, 1.165) is 18.4 Å². The molecule has 0 spiro atoms. The molecule has 1 N–H and O–H groups in total. The van der Waals surface area contributed by atoms with Crippen LogP contribution in [0.25, 0.3) is 0 Å². The second-order valence-corrected chi connectivity index (χ2v) is 8.29. The second-order valence-electron chi connectivity index (χ2n) is 6.03. The van der Waals surface area contributed by atoms with Gasteiger partial charge in [-0.25, -0.2) is 8.42 Å². The molecule has 1 aliphatic heterocycles. The Morgan fingerprint density at radius 1 is 1.42 bits per heavy atom. The SMILES string of the molecule is CN=C(NCCS(C)(=O)=O)N1CCOC(c2cccc(C(F)(F)F)c2)C1. The van der Waals surface area contributed by atoms with Gasteiger partial charge in [0.1, 0.15) is 15.9 Å². The lowest BCUT2D eigenvalue weighted by Crippen LogP contribution is -2.49. The van der Waals surface area contributed by atoms with E-state index < -0.39 is 27.7 Å². The standard InChI is InChI=1S/C16H22F3N3O3S/c1-20-15(21-6-9-26(2,23)24)22-7-8-25-14(11-22)12-4-3-5-13(10-12)16(17,18)19/h3-5,10,14H,6-9,11H2,1-2H3,(H,20,21). The first-order valence-corrected chi connectivity index (χ1v) is 10.1. The summed E-state index contributed by atoms with van der Waals surface area (Å²) in [7, 11) is -1.53. The summed E-state index contributed by atoms with van der Waals surface area (Å²) < 4.78 is 66.8. The zero-order valence-electron chi connectivity index (χ0n) is 14.6. The minimum absolute atomic E-state index is 0.0343. The van der Waals surface area contributed by atoms with Gasteiger partial charge in [0.05, 0.1) is 24.5 Å². The molecule has 0 aromatic heterocycles. The lowest BCUT2D eigenvalue weighted by molar-refractivity contribution is -0.137. The van der Waals surface area contributed by atoms with Crippen molar-refractivity contribution in [2.24, 2.45) is 4.99 Å². The van der Waals surface area contributed by atoms with E-state index in [1.165, 1.54) is 6.07 Å². The van der Waals surface area contributed by atoms with Crippen molar-refractivity contribution in [2.45, 2.75) is 12.3 Å². The Hall–Kier alpha value is -1.81. The van der Waals surface area contributed by atoms with Crippen LogP contribution in [0.3, 0.4) is 0 Å². The maximum atomic E-state index is 12.9. The molecule has 6 nitrogen and oxygen atoms in total. The Balaban J connectivity index is 2.06. The molecule has 1 aromatic carbocycles. The third-order valence-corrected chi connectivity index (χ3v) is 4.87. The third-order valence-electron chi connectivity index (χ3n) is 3.92. The number of nitrogens with one attached hydrogen (secondary N) is 1. The average Bonchev–Trinajstić information content (AvgIpc) is 2.57. The molecule has 0 saturated carbocycles. The van der Waals surface area contributed by atoms with E-state index in [9.17, 15) is 21.6 Å². The van der Waals surface area contributed by atoms with Gasteiger partial charge in [-0.15, -0.1) is 0 Å². The van der Waals surface area contributed by atoms with Crippen LogP contribution in [0.2, 0.25) is 0 Å². The fourth-order valence-electron chi connectivity index (χ4n) is 2.64. The summed E-state index contributed by atoms with van der Waals surface area (Å²) in [5, 5.41) is 2.96. The predicted molar refractivity (Wildman–Crippen MR) is 92.8 cm³/mol. The Morgan fingerprint density at radius 3 is 2.77 bits per heavy atom. The molecule has 10 heteroatoms. The van der Waals surface area contributed by atoms with Gasteiger partial charge in [-0.1, -0.05) is 12.1 Å². The van der Waals surface area contributed by atoms with Crippen molar-refractivity contribution < 1.29 is 26.3 Å². The molecule has 0 bridgehead atoms. The summed E-state index contributed by atoms with van der Waals surface area (Å²) in [5.41, 5.74) is -0.275. The van der Waals surface area contributed by atoms with Gasteiger partial charge in [-0.2, -0.15) is 13.2 Å². The summed E-state index contributed by atoms with van der Waals surface area (Å²) in [5.74, 6) is 0.460. The molecule has 1 saturated heterocycles. The Morgan fingerprint density at radius 2 is 2.15 bits per heavy atom. The van der Waals surface area contributed by atoms with Crippen molar-refractivity contribution in [3.63, 3.8) is 0 Å². The van der Waals surface area contributed by atoms with Crippen LogP contribution in [0, 0.1) is 0 Å². The summed E-state index contributed by atoms with van der Waals surface area (Å²) in [4.78, 5) is 5.96. The average molecular weight is 393 g/mol. The van der Waals surface area contributed by atoms with E-state index in [1.807, 2.05) is 4.90 Å². The van der Waals surface area contributed by atoms with Crippen molar-refractivity contribution in [1.29, 1.82) is 0 Å². The van der Waals surface area contributed by atoms with E-state index in [0.29, 0.717) is 31.2 Å². The van der Waals surface area contributed by atoms with Gasteiger partial charge in [0.2, 0.25) is 0 Å². The fourth-order valence-corrected chi connectivity index (χ4v) is 3.11. The smallest absolute Gasteiger partial charge is 0.370 e. The molecule has 146 valence electrons. The highest BCUT2D eigenvalue weighted by molar-refractivity contribution is 7.90. The summed E-state index contributed by atoms with van der Waals surface area (Å²) >= 11 is 0. The highest BCUT2D eigenvalue weighted by atomic mass is 32.2. The van der Waals surface area contributed by atoms with Gasteiger partial charge < -0.3 is 15.0 Å². The molecule has 1 heterocycles. The van der Waals surface area contributed by atoms with E-state index in [1.54, 1.807) is 13.1 Å². The number of sulfone groups is 1. The van der Waals surface area contributed by atoms with Crippen molar-refractivity contribution in [3.8, 4) is 0 Å². The van der Waals surface area contributed by atoms with Gasteiger partial charge in [-0.05, 0) is 17.7 Å². The molecule has 26 heavy (non-hydrogen) atoms. The normalized spacial score (nSPS) is 19.5. The fraction of sp³-hybridized carbons (Fsp3) is 0.562. The Bertz CT molecular complexity index is 751. The minimum atomic E-state index is -4.41. The van der Waals surface area contributed by atoms with Crippen LogP contribution >= 0.6 is 0 Å². The number of benzene rings is 1. The molecule has 0 amide bonds. The molecular formula is C16H22F3N3O3S. The highest BCUT2D eigenvalue weighted by Crippen LogP contribution is 2.32. The van der Waals surface area contributed by atoms with Crippen LogP contribution in [0.1, 0.15) is 17.2 Å². The number of guanidine groups is 1. The van der Waals surface area contributed by atoms with E-state index in [4.69, 9.17) is 4.74 Å². The first-order chi connectivity index (χ1) is 12.1. The van der Waals surface area contributed by atoms with E-state index in [-0.39, 0.29) is 12.3 Å². The lowest BCUT2D eigenvalue weighted by Gasteiger charge is -2.35. The maximum Gasteiger partial charge on any atom is 0.416 e. The number of morpholine rings is 1. The van der Waals surface area contributed by atoms with Gasteiger partial charge in [0.25, 0.3) is 0 Å². The number of rotatable bonds is 4. The molecule has 1 aromatic rings. The van der Waals surface area contributed by atoms with Crippen LogP contribution in [0.4, 0.5) is 13.2 Å². The Labute approximate surface area is 151 Å². The van der Waals surface area contributed by atoms with E-state index >= 15 is 0 Å². The molecule has 1 unspecified atom stereocenters. The number of nitrogens with zero attached hydrogens (tertiary/aromatic N) is 2. The van der Waals surface area contributed by atoms with Crippen molar-refractivity contribution in [2.75, 3.05) is 45.3 Å². The van der Waals surface area contributed by atoms with Crippen LogP contribution in [-0.2, 0) is 20.8 Å². The monoisotopic (exact) mass is 393 g/mol. The topological polar surface area (TPSA) is 71.0 Å². The lowest BCUT2D eigenvalue weighted by atomic mass is 10.0. The van der Waals surface area contributed by atoms with Crippen LogP contribution in [-0.4, -0.2) is 64.6 Å². The summed E-state index contributed by atoms with van der Waals surface area (Å²) in [6.07, 6.45) is -3.79. The number of aliphatic imine (C=N–C) groups is 1. The largest absolute Gasteiger partial charge is 0.416 e. The third kappa shape index (κ3) is 5.87. The van der Waals surface area contributed by atoms with Gasteiger partial charge in [0, 0.05) is 26.4 Å². The van der Waals surface area contributed by atoms with E-state index in [2.05, 4.69) is 10.3 Å². The van der Waals surface area contributed by atoms with Crippen LogP contribution in [0.15, 0.2) is 29.3 Å². The van der Waals surface area contributed by atoms with Crippen molar-refractivity contribution in [1.82, 2.24) is 10.2 Å².